The third-order valence-corrected chi connectivity index (χ3v) is 3.95. The van der Waals surface area contributed by atoms with Crippen LogP contribution in [0, 0.1) is 0 Å². The Hall–Kier alpha value is -1.27. The first-order valence-corrected chi connectivity index (χ1v) is 7.00. The van der Waals surface area contributed by atoms with Crippen LogP contribution in [0.25, 0.3) is 0 Å². The zero-order valence-corrected chi connectivity index (χ0v) is 12.4. The van der Waals surface area contributed by atoms with Gasteiger partial charge in [0.2, 0.25) is 0 Å². The lowest BCUT2D eigenvalue weighted by Crippen LogP contribution is -2.37. The zero-order chi connectivity index (χ0) is 13.8. The fourth-order valence-electron chi connectivity index (χ4n) is 2.38. The average molecular weight is 328 g/mol. The number of methoxy groups -OCH3 is 1. The molecule has 1 aromatic carbocycles. The van der Waals surface area contributed by atoms with E-state index < -0.39 is 0 Å². The van der Waals surface area contributed by atoms with E-state index in [1.165, 1.54) is 0 Å². The Morgan fingerprint density at radius 1 is 1.47 bits per heavy atom. The number of rotatable bonds is 3. The summed E-state index contributed by atoms with van der Waals surface area (Å²) in [7, 11) is 1.75. The predicted molar refractivity (Wildman–Crippen MR) is 78.9 cm³/mol. The molecule has 2 rings (SSSR count). The monoisotopic (exact) mass is 327 g/mol. The van der Waals surface area contributed by atoms with Crippen molar-refractivity contribution in [2.24, 2.45) is 10.9 Å². The second-order valence-corrected chi connectivity index (χ2v) is 5.48. The highest BCUT2D eigenvalue weighted by atomic mass is 79.9. The number of nitrogens with two attached hydrogens (primary N) is 1. The highest BCUT2D eigenvalue weighted by molar-refractivity contribution is 9.10. The zero-order valence-electron chi connectivity index (χ0n) is 10.8. The molecule has 0 aromatic heterocycles. The molecule has 1 saturated heterocycles. The van der Waals surface area contributed by atoms with Crippen LogP contribution in [0.1, 0.15) is 18.4 Å². The van der Waals surface area contributed by atoms with Crippen LogP contribution in [-0.4, -0.2) is 37.3 Å². The molecular weight excluding hydrogens is 310 g/mol. The van der Waals surface area contributed by atoms with Crippen molar-refractivity contribution in [2.45, 2.75) is 18.9 Å². The standard InChI is InChI=1S/C13H18BrN3O2/c1-19-10-4-6-17(7-5-10)12-3-2-9(14)8-11(12)13(15)16-18/h2-3,8,10,18H,4-7H2,1H3,(H2,15,16). The third kappa shape index (κ3) is 3.19. The Bertz CT molecular complexity index is 471. The summed E-state index contributed by atoms with van der Waals surface area (Å²) in [5.74, 6) is 0.130. The number of ether oxygens (including phenoxy) is 1. The number of anilines is 1. The molecule has 0 radical (unpaired) electrons. The van der Waals surface area contributed by atoms with Gasteiger partial charge in [0.25, 0.3) is 0 Å². The molecule has 0 saturated carbocycles. The van der Waals surface area contributed by atoms with Gasteiger partial charge in [-0.15, -0.1) is 0 Å². The minimum absolute atomic E-state index is 0.130. The van der Waals surface area contributed by atoms with E-state index in [-0.39, 0.29) is 5.84 Å². The molecule has 0 bridgehead atoms. The summed E-state index contributed by atoms with van der Waals surface area (Å²) in [6.45, 7) is 1.82. The van der Waals surface area contributed by atoms with E-state index >= 15 is 0 Å². The molecule has 0 amide bonds. The Morgan fingerprint density at radius 3 is 2.74 bits per heavy atom. The largest absolute Gasteiger partial charge is 0.409 e. The predicted octanol–water partition coefficient (Wildman–Crippen LogP) is 2.16. The minimum Gasteiger partial charge on any atom is -0.409 e. The lowest BCUT2D eigenvalue weighted by Gasteiger charge is -2.34. The van der Waals surface area contributed by atoms with Crippen molar-refractivity contribution in [3.05, 3.63) is 28.2 Å². The second-order valence-electron chi connectivity index (χ2n) is 4.57. The maximum atomic E-state index is 8.89. The maximum absolute atomic E-state index is 8.89. The summed E-state index contributed by atoms with van der Waals surface area (Å²) in [5, 5.41) is 12.0. The Kier molecular flexibility index (Phi) is 4.66. The van der Waals surface area contributed by atoms with Crippen LogP contribution in [-0.2, 0) is 4.74 Å². The average Bonchev–Trinajstić information content (AvgIpc) is 2.46. The van der Waals surface area contributed by atoms with Gasteiger partial charge in [-0.05, 0) is 31.0 Å². The van der Waals surface area contributed by atoms with Crippen LogP contribution in [0.2, 0.25) is 0 Å². The molecule has 1 aromatic rings. The molecule has 3 N–H and O–H groups in total. The van der Waals surface area contributed by atoms with Gasteiger partial charge in [0, 0.05) is 35.9 Å². The molecule has 0 aliphatic carbocycles. The number of halogens is 1. The van der Waals surface area contributed by atoms with Crippen molar-refractivity contribution >= 4 is 27.5 Å². The molecule has 1 heterocycles. The molecule has 1 fully saturated rings. The summed E-state index contributed by atoms with van der Waals surface area (Å²) in [4.78, 5) is 2.25. The van der Waals surface area contributed by atoms with Gasteiger partial charge in [-0.2, -0.15) is 0 Å². The van der Waals surface area contributed by atoms with Crippen molar-refractivity contribution in [1.29, 1.82) is 0 Å². The van der Waals surface area contributed by atoms with Gasteiger partial charge in [0.05, 0.1) is 6.10 Å². The Balaban J connectivity index is 2.25. The van der Waals surface area contributed by atoms with E-state index in [4.69, 9.17) is 15.7 Å². The summed E-state index contributed by atoms with van der Waals surface area (Å²) in [6.07, 6.45) is 2.31. The van der Waals surface area contributed by atoms with E-state index in [0.717, 1.165) is 41.7 Å². The van der Waals surface area contributed by atoms with Crippen LogP contribution in [0.4, 0.5) is 5.69 Å². The van der Waals surface area contributed by atoms with E-state index in [1.54, 1.807) is 7.11 Å². The minimum atomic E-state index is 0.130. The van der Waals surface area contributed by atoms with Gasteiger partial charge >= 0.3 is 0 Å². The number of hydrogen-bond donors (Lipinski definition) is 2. The highest BCUT2D eigenvalue weighted by Gasteiger charge is 2.21. The number of piperidine rings is 1. The highest BCUT2D eigenvalue weighted by Crippen LogP contribution is 2.27. The van der Waals surface area contributed by atoms with E-state index in [2.05, 4.69) is 26.0 Å². The van der Waals surface area contributed by atoms with Crippen molar-refractivity contribution in [1.82, 2.24) is 0 Å². The molecular formula is C13H18BrN3O2. The van der Waals surface area contributed by atoms with Crippen molar-refractivity contribution in [3.8, 4) is 0 Å². The van der Waals surface area contributed by atoms with Crippen molar-refractivity contribution in [3.63, 3.8) is 0 Å². The van der Waals surface area contributed by atoms with Gasteiger partial charge in [0.15, 0.2) is 5.84 Å². The van der Waals surface area contributed by atoms with Crippen LogP contribution in [0.3, 0.4) is 0 Å². The lowest BCUT2D eigenvalue weighted by molar-refractivity contribution is 0.0819. The molecule has 0 unspecified atom stereocenters. The Labute approximate surface area is 121 Å². The van der Waals surface area contributed by atoms with Gasteiger partial charge in [-0.25, -0.2) is 0 Å². The second kappa shape index (κ2) is 6.25. The summed E-state index contributed by atoms with van der Waals surface area (Å²) < 4.78 is 6.28. The molecule has 5 nitrogen and oxygen atoms in total. The van der Waals surface area contributed by atoms with Crippen LogP contribution in [0.5, 0.6) is 0 Å². The fraction of sp³-hybridized carbons (Fsp3) is 0.462. The molecule has 19 heavy (non-hydrogen) atoms. The molecule has 1 aliphatic heterocycles. The maximum Gasteiger partial charge on any atom is 0.172 e. The van der Waals surface area contributed by atoms with Crippen molar-refractivity contribution < 1.29 is 9.94 Å². The van der Waals surface area contributed by atoms with Gasteiger partial charge in [-0.3, -0.25) is 0 Å². The summed E-state index contributed by atoms with van der Waals surface area (Å²) >= 11 is 3.41. The van der Waals surface area contributed by atoms with Crippen LogP contribution >= 0.6 is 15.9 Å². The third-order valence-electron chi connectivity index (χ3n) is 3.46. The molecule has 6 heteroatoms. The summed E-state index contributed by atoms with van der Waals surface area (Å²) in [6, 6.07) is 5.82. The number of amidine groups is 1. The van der Waals surface area contributed by atoms with Crippen LogP contribution < -0.4 is 10.6 Å². The number of benzene rings is 1. The SMILES string of the molecule is COC1CCN(c2ccc(Br)cc2/C(N)=N/O)CC1. The van der Waals surface area contributed by atoms with Crippen LogP contribution in [0.15, 0.2) is 27.8 Å². The fourth-order valence-corrected chi connectivity index (χ4v) is 2.74. The van der Waals surface area contributed by atoms with Crippen molar-refractivity contribution in [2.75, 3.05) is 25.1 Å². The molecule has 104 valence electrons. The van der Waals surface area contributed by atoms with Gasteiger partial charge in [-0.1, -0.05) is 21.1 Å². The molecule has 1 aliphatic rings. The summed E-state index contributed by atoms with van der Waals surface area (Å²) in [5.41, 5.74) is 7.49. The van der Waals surface area contributed by atoms with E-state index in [0.29, 0.717) is 6.10 Å². The molecule has 0 spiro atoms. The lowest BCUT2D eigenvalue weighted by atomic mass is 10.0. The number of nitrogens with zero attached hydrogens (tertiary/aromatic N) is 2. The first-order valence-electron chi connectivity index (χ1n) is 6.21. The quantitative estimate of drug-likeness (QED) is 0.386. The normalized spacial score (nSPS) is 17.8. The first kappa shape index (κ1) is 14.1. The van der Waals surface area contributed by atoms with E-state index in [9.17, 15) is 0 Å². The topological polar surface area (TPSA) is 71.1 Å². The number of oxime groups is 1. The Morgan fingerprint density at radius 2 is 2.16 bits per heavy atom. The van der Waals surface area contributed by atoms with Gasteiger partial charge in [0.1, 0.15) is 0 Å². The smallest absolute Gasteiger partial charge is 0.172 e. The molecule has 0 atom stereocenters. The number of hydrogen-bond acceptors (Lipinski definition) is 4. The first-order chi connectivity index (χ1) is 9.15. The van der Waals surface area contributed by atoms with Gasteiger partial charge < -0.3 is 20.6 Å². The van der Waals surface area contributed by atoms with E-state index in [1.807, 2.05) is 18.2 Å².